The third-order valence-corrected chi connectivity index (χ3v) is 4.07. The number of phenolic OH excluding ortho intramolecular Hbond substituents is 1. The van der Waals surface area contributed by atoms with Crippen LogP contribution in [-0.2, 0) is 6.42 Å². The topological polar surface area (TPSA) is 53.1 Å². The van der Waals surface area contributed by atoms with E-state index in [2.05, 4.69) is 23.2 Å². The molecule has 3 aromatic rings. The van der Waals surface area contributed by atoms with Gasteiger partial charge in [-0.1, -0.05) is 24.1 Å². The maximum absolute atomic E-state index is 12.2. The highest BCUT2D eigenvalue weighted by atomic mass is 16.3. The van der Waals surface area contributed by atoms with Gasteiger partial charge in [0, 0.05) is 29.1 Å². The third-order valence-electron chi connectivity index (χ3n) is 4.07. The molecule has 0 aliphatic heterocycles. The minimum absolute atomic E-state index is 0.0562. The predicted molar refractivity (Wildman–Crippen MR) is 98.5 cm³/mol. The standard InChI is InChI=1S/C21H21NO2/c1-4-15-8-17(10-18(23)9-15)21-12-19(24)11-20(22-21)16-6-13(2)5-14(3)7-16/h5-12,23H,4H2,1-3H3,(H,22,24). The van der Waals surface area contributed by atoms with Crippen LogP contribution in [0.3, 0.4) is 0 Å². The van der Waals surface area contributed by atoms with Crippen LogP contribution in [0, 0.1) is 13.8 Å². The van der Waals surface area contributed by atoms with Crippen LogP contribution in [0.15, 0.2) is 53.3 Å². The van der Waals surface area contributed by atoms with Gasteiger partial charge in [0.25, 0.3) is 0 Å². The lowest BCUT2D eigenvalue weighted by Gasteiger charge is -2.10. The molecule has 0 saturated heterocycles. The summed E-state index contributed by atoms with van der Waals surface area (Å²) in [6.07, 6.45) is 0.822. The second kappa shape index (κ2) is 6.36. The zero-order valence-corrected chi connectivity index (χ0v) is 14.2. The molecular weight excluding hydrogens is 298 g/mol. The molecule has 1 heterocycles. The molecule has 0 aliphatic carbocycles. The van der Waals surface area contributed by atoms with Crippen molar-refractivity contribution in [3.05, 3.63) is 75.4 Å². The molecule has 0 fully saturated rings. The van der Waals surface area contributed by atoms with Crippen molar-refractivity contribution >= 4 is 0 Å². The van der Waals surface area contributed by atoms with Crippen molar-refractivity contribution in [3.8, 4) is 28.3 Å². The average molecular weight is 319 g/mol. The van der Waals surface area contributed by atoms with Crippen molar-refractivity contribution < 1.29 is 5.11 Å². The van der Waals surface area contributed by atoms with Gasteiger partial charge in [-0.05, 0) is 61.7 Å². The van der Waals surface area contributed by atoms with Crippen molar-refractivity contribution in [3.63, 3.8) is 0 Å². The number of hydrogen-bond acceptors (Lipinski definition) is 2. The Morgan fingerprint density at radius 3 is 2.00 bits per heavy atom. The fourth-order valence-electron chi connectivity index (χ4n) is 3.02. The fraction of sp³-hybridized carbons (Fsp3) is 0.190. The van der Waals surface area contributed by atoms with Crippen molar-refractivity contribution in [1.82, 2.24) is 4.98 Å². The van der Waals surface area contributed by atoms with Gasteiger partial charge in [0.05, 0.1) is 0 Å². The van der Waals surface area contributed by atoms with Crippen LogP contribution in [0.4, 0.5) is 0 Å². The first-order valence-electron chi connectivity index (χ1n) is 8.11. The minimum atomic E-state index is -0.0562. The Morgan fingerprint density at radius 2 is 1.42 bits per heavy atom. The van der Waals surface area contributed by atoms with E-state index >= 15 is 0 Å². The lowest BCUT2D eigenvalue weighted by molar-refractivity contribution is 0.475. The van der Waals surface area contributed by atoms with Gasteiger partial charge in [-0.25, -0.2) is 0 Å². The molecule has 0 unspecified atom stereocenters. The van der Waals surface area contributed by atoms with E-state index < -0.39 is 0 Å². The first-order chi connectivity index (χ1) is 11.4. The molecule has 3 rings (SSSR count). The zero-order valence-electron chi connectivity index (χ0n) is 14.2. The molecule has 2 aromatic carbocycles. The van der Waals surface area contributed by atoms with E-state index in [1.807, 2.05) is 26.8 Å². The number of hydrogen-bond donors (Lipinski definition) is 2. The van der Waals surface area contributed by atoms with Gasteiger partial charge in [0.15, 0.2) is 5.43 Å². The van der Waals surface area contributed by atoms with Gasteiger partial charge in [-0.2, -0.15) is 0 Å². The summed E-state index contributed by atoms with van der Waals surface area (Å²) in [7, 11) is 0. The van der Waals surface area contributed by atoms with Crippen molar-refractivity contribution in [1.29, 1.82) is 0 Å². The van der Waals surface area contributed by atoms with Crippen LogP contribution in [0.2, 0.25) is 0 Å². The highest BCUT2D eigenvalue weighted by molar-refractivity contribution is 5.68. The smallest absolute Gasteiger partial charge is 0.182 e. The molecule has 0 atom stereocenters. The molecule has 0 radical (unpaired) electrons. The summed E-state index contributed by atoms with van der Waals surface area (Å²) in [4.78, 5) is 15.5. The average Bonchev–Trinajstić information content (AvgIpc) is 2.52. The van der Waals surface area contributed by atoms with E-state index in [1.54, 1.807) is 24.3 Å². The number of aromatic nitrogens is 1. The summed E-state index contributed by atoms with van der Waals surface area (Å²) < 4.78 is 0. The van der Waals surface area contributed by atoms with E-state index in [-0.39, 0.29) is 11.2 Å². The molecule has 3 nitrogen and oxygen atoms in total. The van der Waals surface area contributed by atoms with Crippen LogP contribution in [0.25, 0.3) is 22.5 Å². The van der Waals surface area contributed by atoms with Crippen molar-refractivity contribution in [2.75, 3.05) is 0 Å². The van der Waals surface area contributed by atoms with E-state index in [9.17, 15) is 9.90 Å². The molecular formula is C21H21NO2. The normalized spacial score (nSPS) is 10.8. The number of aromatic hydroxyl groups is 1. The predicted octanol–water partition coefficient (Wildman–Crippen LogP) is 4.59. The Bertz CT molecular complexity index is 934. The van der Waals surface area contributed by atoms with Gasteiger partial charge in [-0.15, -0.1) is 0 Å². The van der Waals surface area contributed by atoms with Gasteiger partial charge in [-0.3, -0.25) is 4.79 Å². The zero-order chi connectivity index (χ0) is 17.3. The van der Waals surface area contributed by atoms with Gasteiger partial charge >= 0.3 is 0 Å². The number of aromatic amines is 1. The summed E-state index contributed by atoms with van der Waals surface area (Å²) >= 11 is 0. The Kier molecular flexibility index (Phi) is 4.26. The number of pyridine rings is 1. The quantitative estimate of drug-likeness (QED) is 0.741. The lowest BCUT2D eigenvalue weighted by atomic mass is 10.0. The van der Waals surface area contributed by atoms with Crippen LogP contribution in [0.1, 0.15) is 23.6 Å². The second-order valence-corrected chi connectivity index (χ2v) is 6.26. The van der Waals surface area contributed by atoms with Crippen molar-refractivity contribution in [2.45, 2.75) is 27.2 Å². The first kappa shape index (κ1) is 16.1. The van der Waals surface area contributed by atoms with Gasteiger partial charge < -0.3 is 10.1 Å². The summed E-state index contributed by atoms with van der Waals surface area (Å²) in [6, 6.07) is 14.8. The van der Waals surface area contributed by atoms with Crippen LogP contribution < -0.4 is 5.43 Å². The Labute approximate surface area is 141 Å². The van der Waals surface area contributed by atoms with Crippen LogP contribution in [0.5, 0.6) is 5.75 Å². The minimum Gasteiger partial charge on any atom is -0.508 e. The molecule has 1 aromatic heterocycles. The molecule has 0 aliphatic rings. The summed E-state index contributed by atoms with van der Waals surface area (Å²) in [6.45, 7) is 6.12. The maximum atomic E-state index is 12.2. The number of benzene rings is 2. The molecule has 0 spiro atoms. The van der Waals surface area contributed by atoms with Crippen molar-refractivity contribution in [2.24, 2.45) is 0 Å². The molecule has 0 amide bonds. The Hall–Kier alpha value is -2.81. The monoisotopic (exact) mass is 319 g/mol. The van der Waals surface area contributed by atoms with E-state index in [4.69, 9.17) is 0 Å². The van der Waals surface area contributed by atoms with E-state index in [1.165, 1.54) is 0 Å². The Morgan fingerprint density at radius 1 is 0.833 bits per heavy atom. The van der Waals surface area contributed by atoms with Crippen LogP contribution >= 0.6 is 0 Å². The fourth-order valence-corrected chi connectivity index (χ4v) is 3.02. The van der Waals surface area contributed by atoms with Gasteiger partial charge in [0.1, 0.15) is 5.75 Å². The number of nitrogens with one attached hydrogen (secondary N) is 1. The molecule has 24 heavy (non-hydrogen) atoms. The van der Waals surface area contributed by atoms with E-state index in [0.717, 1.165) is 39.9 Å². The number of H-pyrrole nitrogens is 1. The molecule has 3 heteroatoms. The van der Waals surface area contributed by atoms with Gasteiger partial charge in [0.2, 0.25) is 0 Å². The number of phenols is 1. The summed E-state index contributed by atoms with van der Waals surface area (Å²) in [5.41, 5.74) is 6.58. The molecule has 0 bridgehead atoms. The highest BCUT2D eigenvalue weighted by Crippen LogP contribution is 2.26. The number of rotatable bonds is 3. The Balaban J connectivity index is 2.16. The SMILES string of the molecule is CCc1cc(O)cc(-c2cc(=O)cc(-c3cc(C)cc(C)c3)[nH]2)c1. The summed E-state index contributed by atoms with van der Waals surface area (Å²) in [5.74, 6) is 0.210. The molecule has 122 valence electrons. The number of aryl methyl sites for hydroxylation is 3. The third kappa shape index (κ3) is 3.40. The van der Waals surface area contributed by atoms with E-state index in [0.29, 0.717) is 5.69 Å². The lowest BCUT2D eigenvalue weighted by Crippen LogP contribution is -2.02. The summed E-state index contributed by atoms with van der Waals surface area (Å²) in [5, 5.41) is 9.92. The molecule has 0 saturated carbocycles. The highest BCUT2D eigenvalue weighted by Gasteiger charge is 2.07. The molecule has 2 N–H and O–H groups in total. The second-order valence-electron chi connectivity index (χ2n) is 6.26. The first-order valence-corrected chi connectivity index (χ1v) is 8.11. The largest absolute Gasteiger partial charge is 0.508 e. The van der Waals surface area contributed by atoms with Crippen LogP contribution in [-0.4, -0.2) is 10.1 Å². The maximum Gasteiger partial charge on any atom is 0.182 e.